The van der Waals surface area contributed by atoms with Crippen LogP contribution in [-0.2, 0) is 13.8 Å². The molecule has 2 unspecified atom stereocenters. The number of hydrogen-bond donors (Lipinski definition) is 1. The van der Waals surface area contributed by atoms with Gasteiger partial charge in [0.2, 0.25) is 0 Å². The summed E-state index contributed by atoms with van der Waals surface area (Å²) in [5.74, 6) is -0.348. The van der Waals surface area contributed by atoms with Gasteiger partial charge in [-0.1, -0.05) is 48.7 Å². The molecule has 1 aliphatic rings. The second-order valence-corrected chi connectivity index (χ2v) is 7.64. The van der Waals surface area contributed by atoms with Crippen molar-refractivity contribution in [3.63, 3.8) is 0 Å². The summed E-state index contributed by atoms with van der Waals surface area (Å²) in [5.41, 5.74) is -2.03. The predicted octanol–water partition coefficient (Wildman–Crippen LogP) is 2.88. The van der Waals surface area contributed by atoms with E-state index in [1.54, 1.807) is 6.92 Å². The van der Waals surface area contributed by atoms with Crippen LogP contribution in [0.3, 0.4) is 0 Å². The van der Waals surface area contributed by atoms with E-state index in [0.29, 0.717) is 0 Å². The molecule has 7 nitrogen and oxygen atoms in total. The minimum absolute atomic E-state index is 0.0117. The van der Waals surface area contributed by atoms with Crippen molar-refractivity contribution in [2.24, 2.45) is 0 Å². The average Bonchev–Trinajstić information content (AvgIpc) is 2.52. The largest absolute Gasteiger partial charge is 0.790 e. The van der Waals surface area contributed by atoms with Crippen LogP contribution in [0.5, 0.6) is 0 Å². The Morgan fingerprint density at radius 3 is 2.12 bits per heavy atom. The zero-order valence-corrected chi connectivity index (χ0v) is 16.7. The summed E-state index contributed by atoms with van der Waals surface area (Å²) in [4.78, 5) is 32.2. The lowest BCUT2D eigenvalue weighted by atomic mass is 9.78. The van der Waals surface area contributed by atoms with Gasteiger partial charge in [0.25, 0.3) is 0 Å². The summed E-state index contributed by atoms with van der Waals surface area (Å²) < 4.78 is 20.9. The number of hydrogen-bond acceptors (Lipinski definition) is 6. The maximum atomic E-state index is 11.5. The third-order valence-corrected chi connectivity index (χ3v) is 6.42. The third-order valence-electron chi connectivity index (χ3n) is 3.59. The summed E-state index contributed by atoms with van der Waals surface area (Å²) >= 11 is 25.0. The fourth-order valence-electron chi connectivity index (χ4n) is 2.38. The summed E-state index contributed by atoms with van der Waals surface area (Å²) in [5, 5.41) is 1.10. The molecule has 0 fully saturated rings. The van der Waals surface area contributed by atoms with E-state index < -0.39 is 29.4 Å². The van der Waals surface area contributed by atoms with Crippen LogP contribution in [-0.4, -0.2) is 23.6 Å². The smallest absolute Gasteiger partial charge is 0.412 e. The lowest BCUT2D eigenvalue weighted by Gasteiger charge is -2.52. The standard InChI is InChI=1S/C12H16Cl4NO6P/c1-4-11(16)9(15)7(22-10(18)17-3)6(13)8(14)12(11,5-2)23-24(19,20)21/h4-5H2,1-3H3,(H,17,18)(H2,19,20,21)/p-2. The van der Waals surface area contributed by atoms with Gasteiger partial charge in [-0.15, -0.1) is 11.6 Å². The molecule has 0 saturated heterocycles. The second kappa shape index (κ2) is 7.72. The van der Waals surface area contributed by atoms with Crippen molar-refractivity contribution >= 4 is 60.3 Å². The molecular formula is C12H14Cl4NO6P-2. The van der Waals surface area contributed by atoms with Gasteiger partial charge in [0.1, 0.15) is 15.5 Å². The van der Waals surface area contributed by atoms with Crippen molar-refractivity contribution < 1.29 is 28.4 Å². The number of rotatable bonds is 5. The number of allylic oxidation sites excluding steroid dienone is 1. The molecule has 138 valence electrons. The number of alkyl halides is 1. The minimum atomic E-state index is -5.52. The van der Waals surface area contributed by atoms with Crippen molar-refractivity contribution in [2.75, 3.05) is 7.05 Å². The van der Waals surface area contributed by atoms with Gasteiger partial charge in [-0.2, -0.15) is 0 Å². The van der Waals surface area contributed by atoms with Gasteiger partial charge >= 0.3 is 6.09 Å². The first-order valence-electron chi connectivity index (χ1n) is 6.67. The molecule has 1 aliphatic carbocycles. The highest BCUT2D eigenvalue weighted by Crippen LogP contribution is 2.60. The molecular weight excluding hydrogens is 427 g/mol. The van der Waals surface area contributed by atoms with E-state index in [1.807, 2.05) is 0 Å². The lowest BCUT2D eigenvalue weighted by Crippen LogP contribution is -2.55. The Hall–Kier alpha value is 0.0200. The number of nitrogens with one attached hydrogen (secondary N) is 1. The minimum Gasteiger partial charge on any atom is -0.790 e. The van der Waals surface area contributed by atoms with Crippen LogP contribution < -0.4 is 15.1 Å². The zero-order chi connectivity index (χ0) is 18.9. The van der Waals surface area contributed by atoms with Gasteiger partial charge in [-0.25, -0.2) is 4.79 Å². The fraction of sp³-hybridized carbons (Fsp3) is 0.583. The van der Waals surface area contributed by atoms with Gasteiger partial charge in [0.05, 0.1) is 17.9 Å². The molecule has 0 aromatic carbocycles. The van der Waals surface area contributed by atoms with Crippen LogP contribution in [0.1, 0.15) is 26.7 Å². The third kappa shape index (κ3) is 3.74. The summed E-state index contributed by atoms with van der Waals surface area (Å²) in [6.07, 6.45) is -1.05. The van der Waals surface area contributed by atoms with Crippen LogP contribution in [0, 0.1) is 0 Å². The van der Waals surface area contributed by atoms with E-state index in [2.05, 4.69) is 5.32 Å². The van der Waals surface area contributed by atoms with Gasteiger partial charge in [0.15, 0.2) is 5.76 Å². The SMILES string of the molecule is CCC1(Cl)C(Cl)=C(OC(=O)NC)C(Cl)=C(Cl)C1(CC)OP(=O)([O-])[O-]. The fourth-order valence-corrected chi connectivity index (χ4v) is 4.82. The zero-order valence-electron chi connectivity index (χ0n) is 12.8. The average molecular weight is 441 g/mol. The van der Waals surface area contributed by atoms with Crippen molar-refractivity contribution in [3.05, 3.63) is 20.9 Å². The number of halogens is 4. The summed E-state index contributed by atoms with van der Waals surface area (Å²) in [6, 6.07) is 0. The quantitative estimate of drug-likeness (QED) is 0.519. The summed E-state index contributed by atoms with van der Waals surface area (Å²) in [7, 11) is -4.21. The Kier molecular flexibility index (Phi) is 7.10. The Labute approximate surface area is 159 Å². The predicted molar refractivity (Wildman–Crippen MR) is 87.7 cm³/mol. The number of alkyl carbamates (subject to hydrolysis) is 1. The number of amides is 1. The Morgan fingerprint density at radius 1 is 1.21 bits per heavy atom. The van der Waals surface area contributed by atoms with Crippen LogP contribution in [0.2, 0.25) is 0 Å². The van der Waals surface area contributed by atoms with Gasteiger partial charge in [-0.05, 0) is 12.8 Å². The van der Waals surface area contributed by atoms with E-state index in [-0.39, 0.29) is 28.7 Å². The van der Waals surface area contributed by atoms with Gasteiger partial charge < -0.3 is 28.9 Å². The lowest BCUT2D eigenvalue weighted by molar-refractivity contribution is -0.349. The number of phosphoric acid groups is 1. The Morgan fingerprint density at radius 2 is 1.75 bits per heavy atom. The van der Waals surface area contributed by atoms with Crippen LogP contribution in [0.25, 0.3) is 0 Å². The van der Waals surface area contributed by atoms with E-state index in [4.69, 9.17) is 55.7 Å². The van der Waals surface area contributed by atoms with Gasteiger partial charge in [-0.3, -0.25) is 0 Å². The first-order chi connectivity index (χ1) is 10.9. The highest BCUT2D eigenvalue weighted by atomic mass is 35.5. The number of carbonyl (C=O) groups is 1. The molecule has 0 heterocycles. The first-order valence-corrected chi connectivity index (χ1v) is 9.65. The van der Waals surface area contributed by atoms with Crippen LogP contribution in [0.15, 0.2) is 20.9 Å². The number of phosphoric ester groups is 1. The molecule has 0 saturated carbocycles. The maximum absolute atomic E-state index is 11.5. The molecule has 24 heavy (non-hydrogen) atoms. The molecule has 0 radical (unpaired) electrons. The van der Waals surface area contributed by atoms with Crippen LogP contribution in [0.4, 0.5) is 4.79 Å². The molecule has 2 atom stereocenters. The van der Waals surface area contributed by atoms with Gasteiger partial charge in [0, 0.05) is 7.05 Å². The van der Waals surface area contributed by atoms with Crippen molar-refractivity contribution in [3.8, 4) is 0 Å². The molecule has 0 bridgehead atoms. The molecule has 12 heteroatoms. The molecule has 1 amide bonds. The highest BCUT2D eigenvalue weighted by Gasteiger charge is 2.59. The monoisotopic (exact) mass is 439 g/mol. The number of ether oxygens (including phenoxy) is 1. The van der Waals surface area contributed by atoms with Crippen molar-refractivity contribution in [1.29, 1.82) is 0 Å². The van der Waals surface area contributed by atoms with Crippen molar-refractivity contribution in [1.82, 2.24) is 5.32 Å². The molecule has 0 aliphatic heterocycles. The summed E-state index contributed by atoms with van der Waals surface area (Å²) in [6.45, 7) is 3.05. The molecule has 1 N–H and O–H groups in total. The van der Waals surface area contributed by atoms with E-state index in [0.717, 1.165) is 0 Å². The maximum Gasteiger partial charge on any atom is 0.412 e. The second-order valence-electron chi connectivity index (χ2n) is 4.78. The van der Waals surface area contributed by atoms with Crippen molar-refractivity contribution in [2.45, 2.75) is 37.2 Å². The van der Waals surface area contributed by atoms with Crippen LogP contribution >= 0.6 is 54.2 Å². The molecule has 0 aromatic rings. The Balaban J connectivity index is 3.67. The molecule has 1 rings (SSSR count). The normalized spacial score (nSPS) is 28.2. The Bertz CT molecular complexity index is 647. The number of carbonyl (C=O) groups excluding carboxylic acids is 1. The van der Waals surface area contributed by atoms with E-state index in [1.165, 1.54) is 14.0 Å². The topological polar surface area (TPSA) is 111 Å². The first kappa shape index (κ1) is 22.1. The molecule has 0 aromatic heterocycles. The highest BCUT2D eigenvalue weighted by molar-refractivity contribution is 7.43. The van der Waals surface area contributed by atoms with E-state index >= 15 is 0 Å². The van der Waals surface area contributed by atoms with E-state index in [9.17, 15) is 19.1 Å². The molecule has 0 spiro atoms.